The van der Waals surface area contributed by atoms with E-state index in [1.165, 1.54) is 7.11 Å². The molecule has 1 aromatic carbocycles. The number of fused-ring (bicyclic) bond motifs is 4. The van der Waals surface area contributed by atoms with Crippen molar-refractivity contribution in [3.8, 4) is 0 Å². The van der Waals surface area contributed by atoms with E-state index in [-0.39, 0.29) is 12.0 Å². The van der Waals surface area contributed by atoms with Crippen molar-refractivity contribution in [2.45, 2.75) is 44.2 Å². The number of methoxy groups -OCH3 is 1. The number of esters is 1. The minimum absolute atomic E-state index is 0.0760. The van der Waals surface area contributed by atoms with E-state index in [0.29, 0.717) is 24.0 Å². The Morgan fingerprint density at radius 2 is 2.23 bits per heavy atom. The predicted molar refractivity (Wildman–Crippen MR) is 98.4 cm³/mol. The van der Waals surface area contributed by atoms with Crippen LogP contribution in [0, 0.1) is 17.3 Å². The molecule has 4 aliphatic heterocycles. The van der Waals surface area contributed by atoms with Gasteiger partial charge in [-0.05, 0) is 37.2 Å². The third kappa shape index (κ3) is 1.83. The molecule has 138 valence electrons. The lowest BCUT2D eigenvalue weighted by molar-refractivity contribution is -0.164. The zero-order valence-electron chi connectivity index (χ0n) is 15.4. The fourth-order valence-corrected chi connectivity index (χ4v) is 6.44. The Morgan fingerprint density at radius 3 is 3.00 bits per heavy atom. The van der Waals surface area contributed by atoms with Crippen molar-refractivity contribution in [3.05, 3.63) is 29.8 Å². The number of nitrogens with zero attached hydrogens (tertiary/aromatic N) is 2. The molecular formula is C21H26N2O3. The Morgan fingerprint density at radius 1 is 1.42 bits per heavy atom. The van der Waals surface area contributed by atoms with Crippen LogP contribution in [0.3, 0.4) is 0 Å². The van der Waals surface area contributed by atoms with Gasteiger partial charge in [0.1, 0.15) is 11.0 Å². The number of carbonyl (C=O) groups is 1. The molecular weight excluding hydrogens is 328 g/mol. The number of aliphatic imine (C=N–C) groups is 1. The summed E-state index contributed by atoms with van der Waals surface area (Å²) >= 11 is 0. The van der Waals surface area contributed by atoms with Crippen LogP contribution in [0.5, 0.6) is 0 Å². The van der Waals surface area contributed by atoms with Crippen molar-refractivity contribution in [1.29, 1.82) is 0 Å². The Kier molecular flexibility index (Phi) is 3.41. The van der Waals surface area contributed by atoms with E-state index < -0.39 is 11.0 Å². The van der Waals surface area contributed by atoms with Gasteiger partial charge < -0.3 is 9.84 Å². The van der Waals surface area contributed by atoms with E-state index in [2.05, 4.69) is 11.8 Å². The lowest BCUT2D eigenvalue weighted by Crippen LogP contribution is -2.68. The van der Waals surface area contributed by atoms with Crippen LogP contribution in [0.15, 0.2) is 29.3 Å². The molecule has 0 amide bonds. The Bertz CT molecular complexity index is 806. The molecule has 4 heterocycles. The molecule has 6 rings (SSSR count). The van der Waals surface area contributed by atoms with E-state index >= 15 is 0 Å². The van der Waals surface area contributed by atoms with E-state index in [0.717, 1.165) is 43.6 Å². The number of hydrogen-bond donors (Lipinski definition) is 1. The molecule has 5 aliphatic rings. The smallest absolute Gasteiger partial charge is 0.319 e. The fourth-order valence-electron chi connectivity index (χ4n) is 6.44. The highest BCUT2D eigenvalue weighted by atomic mass is 16.5. The van der Waals surface area contributed by atoms with Crippen LogP contribution in [0.4, 0.5) is 5.69 Å². The maximum Gasteiger partial charge on any atom is 0.319 e. The molecule has 1 N–H and O–H groups in total. The molecule has 0 radical (unpaired) electrons. The minimum Gasteiger partial charge on any atom is -0.468 e. The van der Waals surface area contributed by atoms with Gasteiger partial charge in [-0.15, -0.1) is 0 Å². The summed E-state index contributed by atoms with van der Waals surface area (Å²) in [6, 6.07) is 7.86. The van der Waals surface area contributed by atoms with Crippen LogP contribution in [0.2, 0.25) is 0 Å². The quantitative estimate of drug-likeness (QED) is 0.830. The zero-order valence-corrected chi connectivity index (χ0v) is 15.4. The van der Waals surface area contributed by atoms with Gasteiger partial charge in [0, 0.05) is 24.7 Å². The highest BCUT2D eigenvalue weighted by molar-refractivity contribution is 6.15. The summed E-state index contributed by atoms with van der Waals surface area (Å²) in [5.74, 6) is 0.676. The summed E-state index contributed by atoms with van der Waals surface area (Å²) in [7, 11) is 1.47. The van der Waals surface area contributed by atoms with Crippen molar-refractivity contribution in [1.82, 2.24) is 4.90 Å². The fraction of sp³-hybridized carbons (Fsp3) is 0.619. The summed E-state index contributed by atoms with van der Waals surface area (Å²) in [6.07, 6.45) is 3.53. The first-order valence-corrected chi connectivity index (χ1v) is 9.78. The van der Waals surface area contributed by atoms with Gasteiger partial charge in [0.05, 0.1) is 18.5 Å². The number of aliphatic hydroxyl groups is 1. The third-order valence-corrected chi connectivity index (χ3v) is 7.32. The predicted octanol–water partition coefficient (Wildman–Crippen LogP) is 2.64. The van der Waals surface area contributed by atoms with Crippen LogP contribution < -0.4 is 0 Å². The van der Waals surface area contributed by atoms with Crippen molar-refractivity contribution < 1.29 is 14.6 Å². The number of ether oxygens (including phenoxy) is 1. The third-order valence-electron chi connectivity index (χ3n) is 7.32. The minimum atomic E-state index is -1.16. The largest absolute Gasteiger partial charge is 0.468 e. The summed E-state index contributed by atoms with van der Waals surface area (Å²) in [5, 5.41) is 11.8. The molecule has 4 bridgehead atoms. The van der Waals surface area contributed by atoms with Gasteiger partial charge >= 0.3 is 5.97 Å². The van der Waals surface area contributed by atoms with E-state index in [1.54, 1.807) is 0 Å². The maximum absolute atomic E-state index is 13.3. The number of piperidine rings is 2. The van der Waals surface area contributed by atoms with E-state index in [4.69, 9.17) is 9.73 Å². The van der Waals surface area contributed by atoms with E-state index in [9.17, 15) is 9.90 Å². The molecule has 6 atom stereocenters. The SMILES string of the molecule is CC[C@H]1C[C@@H]2CN3CC[C@]4(O)C(=Nc5ccccc54)[C@](C(=O)OC)(C2)[C@H]13. The molecule has 1 unspecified atom stereocenters. The monoisotopic (exact) mass is 354 g/mol. The summed E-state index contributed by atoms with van der Waals surface area (Å²) in [4.78, 5) is 20.6. The first-order chi connectivity index (χ1) is 12.5. The summed E-state index contributed by atoms with van der Waals surface area (Å²) < 4.78 is 5.36. The first-order valence-electron chi connectivity index (χ1n) is 9.78. The van der Waals surface area contributed by atoms with Crippen molar-refractivity contribution in [3.63, 3.8) is 0 Å². The number of carbonyl (C=O) groups excluding carboxylic acids is 1. The Balaban J connectivity index is 1.77. The first kappa shape index (κ1) is 16.5. The average molecular weight is 354 g/mol. The molecule has 0 spiro atoms. The van der Waals surface area contributed by atoms with Crippen LogP contribution in [0.1, 0.15) is 38.2 Å². The number of benzene rings is 1. The molecule has 26 heavy (non-hydrogen) atoms. The molecule has 1 aliphatic carbocycles. The van der Waals surface area contributed by atoms with Gasteiger partial charge in [0.25, 0.3) is 0 Å². The second-order valence-electron chi connectivity index (χ2n) is 8.46. The normalized spacial score (nSPS) is 42.5. The lowest BCUT2D eigenvalue weighted by atomic mass is 9.54. The zero-order chi connectivity index (χ0) is 18.1. The average Bonchev–Trinajstić information content (AvgIpc) is 2.95. The second-order valence-corrected chi connectivity index (χ2v) is 8.46. The lowest BCUT2D eigenvalue weighted by Gasteiger charge is -2.58. The number of rotatable bonds is 2. The Hall–Kier alpha value is -1.72. The van der Waals surface area contributed by atoms with Gasteiger partial charge in [-0.1, -0.05) is 31.5 Å². The van der Waals surface area contributed by atoms with Gasteiger partial charge in [-0.25, -0.2) is 0 Å². The number of hydrogen-bond acceptors (Lipinski definition) is 5. The van der Waals surface area contributed by atoms with Gasteiger partial charge in [-0.3, -0.25) is 14.7 Å². The van der Waals surface area contributed by atoms with Gasteiger partial charge in [0.2, 0.25) is 0 Å². The van der Waals surface area contributed by atoms with Crippen LogP contribution in [-0.4, -0.2) is 47.9 Å². The van der Waals surface area contributed by atoms with Crippen LogP contribution >= 0.6 is 0 Å². The van der Waals surface area contributed by atoms with Crippen molar-refractivity contribution in [2.75, 3.05) is 20.2 Å². The Labute approximate surface area is 154 Å². The number of para-hydroxylation sites is 1. The summed E-state index contributed by atoms with van der Waals surface area (Å²) in [6.45, 7) is 4.02. The van der Waals surface area contributed by atoms with Crippen LogP contribution in [-0.2, 0) is 15.1 Å². The molecule has 1 aromatic rings. The molecule has 0 aromatic heterocycles. The van der Waals surface area contributed by atoms with Crippen molar-refractivity contribution >= 4 is 17.4 Å². The molecule has 5 heteroatoms. The van der Waals surface area contributed by atoms with E-state index in [1.807, 2.05) is 24.3 Å². The summed E-state index contributed by atoms with van der Waals surface area (Å²) in [5.41, 5.74) is 0.295. The highest BCUT2D eigenvalue weighted by Gasteiger charge is 2.68. The standard InChI is InChI=1S/C21H26N2O3/c1-3-14-10-13-11-20(19(24)26-2)17(14)23(12-13)9-8-21(25)15-6-4-5-7-16(15)22-18(20)21/h4-7,13-14,17,25H,3,8-12H2,1-2H3/t13-,14-,17-,20-,21+/m0/s1. The maximum atomic E-state index is 13.3. The highest BCUT2D eigenvalue weighted by Crippen LogP contribution is 2.59. The molecule has 4 fully saturated rings. The van der Waals surface area contributed by atoms with Crippen molar-refractivity contribution in [2.24, 2.45) is 22.2 Å². The van der Waals surface area contributed by atoms with Crippen LogP contribution in [0.25, 0.3) is 0 Å². The molecule has 3 saturated heterocycles. The molecule has 1 saturated carbocycles. The second kappa shape index (κ2) is 5.40. The molecule has 5 nitrogen and oxygen atoms in total. The van der Waals surface area contributed by atoms with Gasteiger partial charge in [-0.2, -0.15) is 0 Å². The topological polar surface area (TPSA) is 62.1 Å². The van der Waals surface area contributed by atoms with Gasteiger partial charge in [0.15, 0.2) is 0 Å².